The molecule has 6 nitrogen and oxygen atoms in total. The molecule has 2 aromatic carbocycles. The Bertz CT molecular complexity index is 1090. The van der Waals surface area contributed by atoms with Crippen molar-refractivity contribution in [3.05, 3.63) is 74.6 Å². The summed E-state index contributed by atoms with van der Waals surface area (Å²) in [4.78, 5) is 36.5. The van der Waals surface area contributed by atoms with Gasteiger partial charge < -0.3 is 14.5 Å². The number of hydrogen-bond acceptors (Lipinski definition) is 5. The molecule has 1 atom stereocenters. The fourth-order valence-electron chi connectivity index (χ4n) is 2.31. The first-order valence-corrected chi connectivity index (χ1v) is 8.60. The van der Waals surface area contributed by atoms with Crippen molar-refractivity contribution >= 4 is 51.7 Å². The number of carbonyl (C=O) groups is 2. The number of ether oxygens (including phenoxy) is 1. The Labute approximate surface area is 163 Å². The van der Waals surface area contributed by atoms with Gasteiger partial charge in [0, 0.05) is 21.8 Å². The number of esters is 1. The Kier molecular flexibility index (Phi) is 5.48. The van der Waals surface area contributed by atoms with Crippen molar-refractivity contribution in [1.29, 1.82) is 0 Å². The van der Waals surface area contributed by atoms with E-state index in [2.05, 4.69) is 5.32 Å². The molecule has 0 saturated heterocycles. The van der Waals surface area contributed by atoms with E-state index in [0.29, 0.717) is 15.7 Å². The van der Waals surface area contributed by atoms with Gasteiger partial charge >= 0.3 is 5.97 Å². The molecule has 138 valence electrons. The van der Waals surface area contributed by atoms with Gasteiger partial charge in [0.25, 0.3) is 5.91 Å². The summed E-state index contributed by atoms with van der Waals surface area (Å²) in [5.74, 6) is -1.80. The summed E-state index contributed by atoms with van der Waals surface area (Å²) in [6.07, 6.45) is -1.12. The van der Waals surface area contributed by atoms with Crippen LogP contribution in [0.1, 0.15) is 17.5 Å². The van der Waals surface area contributed by atoms with Crippen LogP contribution < -0.4 is 10.7 Å². The van der Waals surface area contributed by atoms with E-state index in [4.69, 9.17) is 32.4 Å². The van der Waals surface area contributed by atoms with Gasteiger partial charge in [-0.25, -0.2) is 4.79 Å². The molecule has 3 aromatic rings. The number of anilines is 1. The fraction of sp³-hybridized carbons (Fsp3) is 0.105. The molecule has 1 N–H and O–H groups in total. The highest BCUT2D eigenvalue weighted by atomic mass is 35.5. The molecule has 1 aromatic heterocycles. The average molecular weight is 406 g/mol. The van der Waals surface area contributed by atoms with Crippen LogP contribution in [0.4, 0.5) is 5.69 Å². The van der Waals surface area contributed by atoms with E-state index in [1.165, 1.54) is 25.1 Å². The van der Waals surface area contributed by atoms with Crippen LogP contribution in [0.5, 0.6) is 0 Å². The Morgan fingerprint density at radius 2 is 1.81 bits per heavy atom. The highest BCUT2D eigenvalue weighted by molar-refractivity contribution is 6.31. The lowest BCUT2D eigenvalue weighted by atomic mass is 10.2. The van der Waals surface area contributed by atoms with Gasteiger partial charge in [0.15, 0.2) is 11.5 Å². The molecule has 0 radical (unpaired) electrons. The smallest absolute Gasteiger partial charge is 0.375 e. The van der Waals surface area contributed by atoms with Crippen molar-refractivity contribution in [3.8, 4) is 0 Å². The van der Waals surface area contributed by atoms with Crippen molar-refractivity contribution in [2.45, 2.75) is 13.0 Å². The zero-order valence-electron chi connectivity index (χ0n) is 14.0. The number of halogens is 2. The number of carbonyl (C=O) groups excluding carboxylic acids is 2. The van der Waals surface area contributed by atoms with Crippen LogP contribution in [0.2, 0.25) is 10.0 Å². The Morgan fingerprint density at radius 3 is 2.56 bits per heavy atom. The molecule has 27 heavy (non-hydrogen) atoms. The zero-order valence-corrected chi connectivity index (χ0v) is 15.5. The number of fused-ring (bicyclic) bond motifs is 1. The molecule has 1 amide bonds. The predicted molar refractivity (Wildman–Crippen MR) is 102 cm³/mol. The second-order valence-electron chi connectivity index (χ2n) is 5.66. The molecule has 0 aliphatic carbocycles. The van der Waals surface area contributed by atoms with Crippen LogP contribution in [-0.2, 0) is 9.53 Å². The molecule has 0 saturated carbocycles. The van der Waals surface area contributed by atoms with Crippen LogP contribution in [0, 0.1) is 0 Å². The molecule has 0 fully saturated rings. The van der Waals surface area contributed by atoms with E-state index in [1.54, 1.807) is 24.3 Å². The van der Waals surface area contributed by atoms with Crippen LogP contribution in [0.25, 0.3) is 11.0 Å². The first-order valence-electron chi connectivity index (χ1n) is 7.84. The summed E-state index contributed by atoms with van der Waals surface area (Å²) < 4.78 is 10.5. The first kappa shape index (κ1) is 18.9. The van der Waals surface area contributed by atoms with Gasteiger partial charge in [-0.3, -0.25) is 9.59 Å². The maximum absolute atomic E-state index is 12.2. The fourth-order valence-corrected chi connectivity index (χ4v) is 2.67. The maximum Gasteiger partial charge on any atom is 0.375 e. The Morgan fingerprint density at radius 1 is 1.07 bits per heavy atom. The van der Waals surface area contributed by atoms with Crippen LogP contribution in [0.3, 0.4) is 0 Å². The summed E-state index contributed by atoms with van der Waals surface area (Å²) in [5.41, 5.74) is 0.209. The first-order chi connectivity index (χ1) is 12.8. The van der Waals surface area contributed by atoms with Crippen LogP contribution >= 0.6 is 23.2 Å². The lowest BCUT2D eigenvalue weighted by Crippen LogP contribution is -2.30. The second-order valence-corrected chi connectivity index (χ2v) is 6.54. The van der Waals surface area contributed by atoms with Gasteiger partial charge in [0.2, 0.25) is 5.76 Å². The topological polar surface area (TPSA) is 85.6 Å². The summed E-state index contributed by atoms with van der Waals surface area (Å²) in [6.45, 7) is 1.40. The molecule has 0 aliphatic rings. The summed E-state index contributed by atoms with van der Waals surface area (Å²) >= 11 is 11.7. The van der Waals surface area contributed by atoms with E-state index in [9.17, 15) is 14.4 Å². The largest absolute Gasteiger partial charge is 0.449 e. The quantitative estimate of drug-likeness (QED) is 0.654. The molecule has 0 aliphatic heterocycles. The van der Waals surface area contributed by atoms with Crippen LogP contribution in [-0.4, -0.2) is 18.0 Å². The van der Waals surface area contributed by atoms with E-state index < -0.39 is 23.4 Å². The van der Waals surface area contributed by atoms with Gasteiger partial charge in [-0.15, -0.1) is 0 Å². The van der Waals surface area contributed by atoms with E-state index in [-0.39, 0.29) is 16.7 Å². The molecule has 0 bridgehead atoms. The minimum atomic E-state index is -1.12. The van der Waals surface area contributed by atoms with Crippen molar-refractivity contribution in [2.24, 2.45) is 0 Å². The van der Waals surface area contributed by atoms with Gasteiger partial charge in [0.05, 0.1) is 5.39 Å². The molecule has 1 heterocycles. The highest BCUT2D eigenvalue weighted by Gasteiger charge is 2.21. The van der Waals surface area contributed by atoms with Gasteiger partial charge in [0.1, 0.15) is 5.58 Å². The highest BCUT2D eigenvalue weighted by Crippen LogP contribution is 2.19. The Balaban J connectivity index is 1.74. The standard InChI is InChI=1S/C19H13Cl2NO5/c1-10(18(24)22-13-4-2-3-11(20)7-13)26-19(25)17-9-15(23)14-8-12(21)5-6-16(14)27-17/h2-10H,1H3,(H,22,24)/t10-/m0/s1. The van der Waals surface area contributed by atoms with Crippen LogP contribution in [0.15, 0.2) is 57.7 Å². The number of hydrogen-bond donors (Lipinski definition) is 1. The van der Waals surface area contributed by atoms with E-state index >= 15 is 0 Å². The second kappa shape index (κ2) is 7.82. The maximum atomic E-state index is 12.2. The van der Waals surface area contributed by atoms with E-state index in [1.807, 2.05) is 0 Å². The SMILES string of the molecule is C[C@H](OC(=O)c1cc(=O)c2cc(Cl)ccc2o1)C(=O)Nc1cccc(Cl)c1. The van der Waals surface area contributed by atoms with Gasteiger partial charge in [-0.05, 0) is 43.3 Å². The molecule has 3 rings (SSSR count). The minimum Gasteiger partial charge on any atom is -0.449 e. The monoisotopic (exact) mass is 405 g/mol. The number of amides is 1. The molecule has 0 unspecified atom stereocenters. The summed E-state index contributed by atoms with van der Waals surface area (Å²) in [6, 6.07) is 12.0. The number of nitrogens with one attached hydrogen (secondary N) is 1. The zero-order chi connectivity index (χ0) is 19.6. The number of rotatable bonds is 4. The lowest BCUT2D eigenvalue weighted by molar-refractivity contribution is -0.123. The third-order valence-electron chi connectivity index (χ3n) is 3.64. The lowest BCUT2D eigenvalue weighted by Gasteiger charge is -2.13. The normalized spacial score (nSPS) is 11.8. The van der Waals surface area contributed by atoms with Crippen molar-refractivity contribution in [3.63, 3.8) is 0 Å². The van der Waals surface area contributed by atoms with Gasteiger partial charge in [-0.1, -0.05) is 29.3 Å². The van der Waals surface area contributed by atoms with Crippen molar-refractivity contribution in [2.75, 3.05) is 5.32 Å². The predicted octanol–water partition coefficient (Wildman–Crippen LogP) is 4.28. The molecule has 8 heteroatoms. The van der Waals surface area contributed by atoms with Gasteiger partial charge in [-0.2, -0.15) is 0 Å². The summed E-state index contributed by atoms with van der Waals surface area (Å²) in [7, 11) is 0. The molecule has 0 spiro atoms. The summed E-state index contributed by atoms with van der Waals surface area (Å²) in [5, 5.41) is 3.65. The third-order valence-corrected chi connectivity index (χ3v) is 4.11. The van der Waals surface area contributed by atoms with Crippen molar-refractivity contribution in [1.82, 2.24) is 0 Å². The molecular weight excluding hydrogens is 393 g/mol. The number of benzene rings is 2. The van der Waals surface area contributed by atoms with E-state index in [0.717, 1.165) is 6.07 Å². The molecular formula is C19H13Cl2NO5. The van der Waals surface area contributed by atoms with Crippen molar-refractivity contribution < 1.29 is 18.7 Å². The average Bonchev–Trinajstić information content (AvgIpc) is 2.62. The third kappa shape index (κ3) is 4.48. The Hall–Kier alpha value is -2.83. The minimum absolute atomic E-state index is 0.190.